The summed E-state index contributed by atoms with van der Waals surface area (Å²) in [6.45, 7) is 8.63. The van der Waals surface area contributed by atoms with Gasteiger partial charge in [0.15, 0.2) is 5.96 Å². The van der Waals surface area contributed by atoms with Crippen LogP contribution in [0.3, 0.4) is 0 Å². The normalized spacial score (nSPS) is 23.2. The smallest absolute Gasteiger partial charge is 0.225 e. The molecule has 0 radical (unpaired) electrons. The van der Waals surface area contributed by atoms with Crippen molar-refractivity contribution < 1.29 is 4.79 Å². The summed E-state index contributed by atoms with van der Waals surface area (Å²) in [6, 6.07) is 10.9. The van der Waals surface area contributed by atoms with Crippen LogP contribution in [0.1, 0.15) is 26.7 Å². The zero-order valence-corrected chi connectivity index (χ0v) is 16.8. The number of nitrogens with zero attached hydrogens (tertiary/aromatic N) is 3. The average Bonchev–Trinajstić information content (AvgIpc) is 3.34. The molecule has 148 valence electrons. The van der Waals surface area contributed by atoms with Gasteiger partial charge in [0.05, 0.1) is 0 Å². The number of anilines is 1. The van der Waals surface area contributed by atoms with E-state index in [1.54, 1.807) is 0 Å². The summed E-state index contributed by atoms with van der Waals surface area (Å²) < 4.78 is 0. The Labute approximate surface area is 163 Å². The summed E-state index contributed by atoms with van der Waals surface area (Å²) in [5.74, 6) is 1.77. The molecule has 0 spiro atoms. The second-order valence-electron chi connectivity index (χ2n) is 7.96. The fourth-order valence-electron chi connectivity index (χ4n) is 3.94. The highest BCUT2D eigenvalue weighted by Crippen LogP contribution is 2.23. The molecule has 2 N–H and O–H groups in total. The van der Waals surface area contributed by atoms with Crippen molar-refractivity contribution in [1.29, 1.82) is 0 Å². The van der Waals surface area contributed by atoms with Gasteiger partial charge in [-0.15, -0.1) is 0 Å². The molecule has 6 heteroatoms. The number of rotatable bonds is 5. The van der Waals surface area contributed by atoms with Gasteiger partial charge < -0.3 is 20.4 Å². The van der Waals surface area contributed by atoms with Gasteiger partial charge in [-0.3, -0.25) is 9.79 Å². The molecule has 1 aromatic rings. The zero-order chi connectivity index (χ0) is 19.2. The van der Waals surface area contributed by atoms with Crippen LogP contribution in [-0.2, 0) is 4.79 Å². The van der Waals surface area contributed by atoms with Crippen molar-refractivity contribution in [3.05, 3.63) is 30.3 Å². The molecular weight excluding hydrogens is 338 g/mol. The molecule has 1 aromatic carbocycles. The summed E-state index contributed by atoms with van der Waals surface area (Å²) in [7, 11) is 1.81. The standard InChI is InChI=1S/C21H33N5O/c1-16(2)20(27)26-12-10-18(15-26)24-21(22-3)23-13-17-9-11-25(14-17)19-7-5-4-6-8-19/h4-8,16-18H,9-15H2,1-3H3,(H2,22,23,24). The maximum Gasteiger partial charge on any atom is 0.225 e. The first kappa shape index (κ1) is 19.5. The molecule has 0 bridgehead atoms. The van der Waals surface area contributed by atoms with Crippen LogP contribution in [-0.4, -0.2) is 62.6 Å². The lowest BCUT2D eigenvalue weighted by molar-refractivity contribution is -0.133. The molecule has 0 aliphatic carbocycles. The van der Waals surface area contributed by atoms with E-state index < -0.39 is 0 Å². The maximum atomic E-state index is 12.1. The van der Waals surface area contributed by atoms with Crippen molar-refractivity contribution in [2.24, 2.45) is 16.8 Å². The number of benzene rings is 1. The summed E-state index contributed by atoms with van der Waals surface area (Å²) in [5.41, 5.74) is 1.31. The van der Waals surface area contributed by atoms with Gasteiger partial charge >= 0.3 is 0 Å². The molecular formula is C21H33N5O. The second-order valence-corrected chi connectivity index (χ2v) is 7.96. The third kappa shape index (κ3) is 5.15. The molecule has 3 rings (SSSR count). The van der Waals surface area contributed by atoms with Gasteiger partial charge in [-0.05, 0) is 30.9 Å². The van der Waals surface area contributed by atoms with Gasteiger partial charge in [0.1, 0.15) is 0 Å². The Morgan fingerprint density at radius 2 is 1.96 bits per heavy atom. The second kappa shape index (κ2) is 9.11. The van der Waals surface area contributed by atoms with Crippen LogP contribution < -0.4 is 15.5 Å². The van der Waals surface area contributed by atoms with Gasteiger partial charge in [0.2, 0.25) is 5.91 Å². The zero-order valence-electron chi connectivity index (χ0n) is 16.8. The van der Waals surface area contributed by atoms with Crippen molar-refractivity contribution in [2.75, 3.05) is 44.7 Å². The largest absolute Gasteiger partial charge is 0.371 e. The predicted octanol–water partition coefficient (Wildman–Crippen LogP) is 1.93. The molecule has 2 aliphatic heterocycles. The van der Waals surface area contributed by atoms with Crippen LogP contribution >= 0.6 is 0 Å². The Balaban J connectivity index is 1.42. The summed E-state index contributed by atoms with van der Waals surface area (Å²) in [5, 5.41) is 6.97. The van der Waals surface area contributed by atoms with Crippen LogP contribution in [0.2, 0.25) is 0 Å². The molecule has 1 amide bonds. The number of guanidine groups is 1. The maximum absolute atomic E-state index is 12.1. The number of aliphatic imine (C=N–C) groups is 1. The summed E-state index contributed by atoms with van der Waals surface area (Å²) in [6.07, 6.45) is 2.17. The first-order chi connectivity index (χ1) is 13.1. The van der Waals surface area contributed by atoms with Crippen molar-refractivity contribution in [1.82, 2.24) is 15.5 Å². The molecule has 27 heavy (non-hydrogen) atoms. The minimum atomic E-state index is 0.0658. The molecule has 2 fully saturated rings. The summed E-state index contributed by atoms with van der Waals surface area (Å²) >= 11 is 0. The molecule has 2 saturated heterocycles. The van der Waals surface area contributed by atoms with Gasteiger partial charge in [-0.25, -0.2) is 0 Å². The van der Waals surface area contributed by atoms with Crippen molar-refractivity contribution in [2.45, 2.75) is 32.7 Å². The van der Waals surface area contributed by atoms with E-state index in [1.165, 1.54) is 12.1 Å². The number of hydrogen-bond donors (Lipinski definition) is 2. The van der Waals surface area contributed by atoms with Crippen LogP contribution in [0.4, 0.5) is 5.69 Å². The number of hydrogen-bond acceptors (Lipinski definition) is 3. The Morgan fingerprint density at radius 3 is 2.67 bits per heavy atom. The van der Waals surface area contributed by atoms with Crippen molar-refractivity contribution >= 4 is 17.6 Å². The number of carbonyl (C=O) groups is 1. The first-order valence-electron chi connectivity index (χ1n) is 10.1. The number of likely N-dealkylation sites (tertiary alicyclic amines) is 1. The lowest BCUT2D eigenvalue weighted by Crippen LogP contribution is -2.46. The number of para-hydroxylation sites is 1. The van der Waals surface area contributed by atoms with Crippen LogP contribution in [0, 0.1) is 11.8 Å². The van der Waals surface area contributed by atoms with Gasteiger partial charge in [-0.1, -0.05) is 32.0 Å². The third-order valence-electron chi connectivity index (χ3n) is 5.52. The molecule has 2 aliphatic rings. The fourth-order valence-corrected chi connectivity index (χ4v) is 3.94. The molecule has 2 unspecified atom stereocenters. The molecule has 2 atom stereocenters. The van der Waals surface area contributed by atoms with Crippen LogP contribution in [0.25, 0.3) is 0 Å². The van der Waals surface area contributed by atoms with Crippen molar-refractivity contribution in [3.8, 4) is 0 Å². The summed E-state index contributed by atoms with van der Waals surface area (Å²) in [4.78, 5) is 20.9. The van der Waals surface area contributed by atoms with Gasteiger partial charge in [0, 0.05) is 57.4 Å². The fraction of sp³-hybridized carbons (Fsp3) is 0.619. The number of carbonyl (C=O) groups excluding carboxylic acids is 1. The third-order valence-corrected chi connectivity index (χ3v) is 5.52. The lowest BCUT2D eigenvalue weighted by atomic mass is 10.1. The van der Waals surface area contributed by atoms with Crippen LogP contribution in [0.5, 0.6) is 0 Å². The van der Waals surface area contributed by atoms with E-state index in [4.69, 9.17) is 0 Å². The van der Waals surface area contributed by atoms with E-state index in [1.807, 2.05) is 25.8 Å². The highest BCUT2D eigenvalue weighted by molar-refractivity contribution is 5.81. The molecule has 0 saturated carbocycles. The Bertz CT molecular complexity index is 645. The average molecular weight is 372 g/mol. The van der Waals surface area contributed by atoms with E-state index in [9.17, 15) is 4.79 Å². The lowest BCUT2D eigenvalue weighted by Gasteiger charge is -2.21. The highest BCUT2D eigenvalue weighted by atomic mass is 16.2. The minimum absolute atomic E-state index is 0.0658. The van der Waals surface area contributed by atoms with Crippen LogP contribution in [0.15, 0.2) is 35.3 Å². The minimum Gasteiger partial charge on any atom is -0.371 e. The quantitative estimate of drug-likeness (QED) is 0.613. The Hall–Kier alpha value is -2.24. The van der Waals surface area contributed by atoms with Gasteiger partial charge in [-0.2, -0.15) is 0 Å². The Morgan fingerprint density at radius 1 is 1.19 bits per heavy atom. The molecule has 2 heterocycles. The van der Waals surface area contributed by atoms with E-state index >= 15 is 0 Å². The highest BCUT2D eigenvalue weighted by Gasteiger charge is 2.28. The number of amides is 1. The van der Waals surface area contributed by atoms with Crippen molar-refractivity contribution in [3.63, 3.8) is 0 Å². The monoisotopic (exact) mass is 371 g/mol. The van der Waals surface area contributed by atoms with E-state index in [0.717, 1.165) is 45.1 Å². The van der Waals surface area contributed by atoms with E-state index in [0.29, 0.717) is 5.92 Å². The predicted molar refractivity (Wildman–Crippen MR) is 111 cm³/mol. The van der Waals surface area contributed by atoms with E-state index in [2.05, 4.69) is 50.9 Å². The SMILES string of the molecule is CN=C(NCC1CCN(c2ccccc2)C1)NC1CCN(C(=O)C(C)C)C1. The van der Waals surface area contributed by atoms with E-state index in [-0.39, 0.29) is 17.9 Å². The Kier molecular flexibility index (Phi) is 6.58. The molecule has 6 nitrogen and oxygen atoms in total. The van der Waals surface area contributed by atoms with Gasteiger partial charge in [0.25, 0.3) is 0 Å². The first-order valence-corrected chi connectivity index (χ1v) is 10.1. The molecule has 0 aromatic heterocycles. The topological polar surface area (TPSA) is 60.0 Å². The number of nitrogens with one attached hydrogen (secondary N) is 2.